The normalized spacial score (nSPS) is 13.2. The molecule has 5 nitrogen and oxygen atoms in total. The van der Waals surface area contributed by atoms with E-state index >= 15 is 0 Å². The minimum absolute atomic E-state index is 0.199. The van der Waals surface area contributed by atoms with Crippen LogP contribution in [0.2, 0.25) is 0 Å². The standard InChI is InChI=1S/C16H18ClNO4P/c1-11(2)15(16(19)21-3)18(23(17)20)22-14-10-6-8-12-7-4-5-9-13(12)14/h4-11,15H,1-3H3/q+1/t15-/m0/s1. The van der Waals surface area contributed by atoms with E-state index < -0.39 is 19.3 Å². The van der Waals surface area contributed by atoms with Crippen molar-refractivity contribution in [1.82, 2.24) is 4.83 Å². The fourth-order valence-corrected chi connectivity index (χ4v) is 3.38. The average molecular weight is 355 g/mol. The molecule has 2 rings (SSSR count). The van der Waals surface area contributed by atoms with Gasteiger partial charge in [-0.1, -0.05) is 50.2 Å². The lowest BCUT2D eigenvalue weighted by Crippen LogP contribution is -2.42. The number of rotatable bonds is 6. The maximum Gasteiger partial charge on any atom is 0.593 e. The molecule has 122 valence electrons. The van der Waals surface area contributed by atoms with Gasteiger partial charge in [0, 0.05) is 5.39 Å². The molecule has 0 saturated carbocycles. The molecule has 0 aromatic heterocycles. The van der Waals surface area contributed by atoms with Gasteiger partial charge in [-0.2, -0.15) is 0 Å². The molecule has 2 aromatic rings. The van der Waals surface area contributed by atoms with Crippen LogP contribution >= 0.6 is 18.5 Å². The highest BCUT2D eigenvalue weighted by molar-refractivity contribution is 7.71. The summed E-state index contributed by atoms with van der Waals surface area (Å²) in [5.41, 5.74) is 0. The van der Waals surface area contributed by atoms with E-state index in [1.54, 1.807) is 19.9 Å². The molecule has 0 saturated heterocycles. The fraction of sp³-hybridized carbons (Fsp3) is 0.312. The number of halogens is 1. The Labute approximate surface area is 140 Å². The van der Waals surface area contributed by atoms with E-state index in [4.69, 9.17) is 20.8 Å². The van der Waals surface area contributed by atoms with Crippen LogP contribution in [0.3, 0.4) is 0 Å². The van der Waals surface area contributed by atoms with Gasteiger partial charge in [0.1, 0.15) is 4.83 Å². The van der Waals surface area contributed by atoms with Crippen LogP contribution in [0.1, 0.15) is 13.8 Å². The van der Waals surface area contributed by atoms with Gasteiger partial charge in [-0.15, -0.1) is 0 Å². The van der Waals surface area contributed by atoms with E-state index in [0.717, 1.165) is 15.6 Å². The Hall–Kier alpha value is -1.68. The lowest BCUT2D eigenvalue weighted by atomic mass is 10.1. The number of esters is 1. The van der Waals surface area contributed by atoms with Crippen LogP contribution in [0.4, 0.5) is 0 Å². The van der Waals surface area contributed by atoms with Gasteiger partial charge < -0.3 is 9.57 Å². The van der Waals surface area contributed by atoms with Gasteiger partial charge in [0.25, 0.3) is 0 Å². The van der Waals surface area contributed by atoms with Gasteiger partial charge in [0.2, 0.25) is 11.2 Å². The summed E-state index contributed by atoms with van der Waals surface area (Å²) in [6.45, 7) is 3.60. The summed E-state index contributed by atoms with van der Waals surface area (Å²) in [5, 5.41) is 1.80. The predicted octanol–water partition coefficient (Wildman–Crippen LogP) is 4.53. The van der Waals surface area contributed by atoms with Crippen molar-refractivity contribution >= 4 is 35.3 Å². The Morgan fingerprint density at radius 2 is 1.83 bits per heavy atom. The zero-order valence-electron chi connectivity index (χ0n) is 13.1. The second-order valence-electron chi connectivity index (χ2n) is 5.31. The highest BCUT2D eigenvalue weighted by atomic mass is 35.7. The summed E-state index contributed by atoms with van der Waals surface area (Å²) in [7, 11) is -1.15. The fourth-order valence-electron chi connectivity index (χ4n) is 2.30. The monoisotopic (exact) mass is 354 g/mol. The second-order valence-corrected chi connectivity index (χ2v) is 7.02. The van der Waals surface area contributed by atoms with Gasteiger partial charge in [0.15, 0.2) is 11.8 Å². The molecule has 0 aliphatic carbocycles. The van der Waals surface area contributed by atoms with Crippen molar-refractivity contribution in [3.05, 3.63) is 42.5 Å². The van der Waals surface area contributed by atoms with Gasteiger partial charge in [-0.05, 0) is 21.9 Å². The number of nitrogens with zero attached hydrogens (tertiary/aromatic N) is 1. The smallest absolute Gasteiger partial charge is 0.468 e. The van der Waals surface area contributed by atoms with Crippen LogP contribution in [0, 0.1) is 5.92 Å². The highest BCUT2D eigenvalue weighted by Gasteiger charge is 2.45. The molecule has 0 radical (unpaired) electrons. The Morgan fingerprint density at radius 3 is 2.43 bits per heavy atom. The van der Waals surface area contributed by atoms with Crippen LogP contribution < -0.4 is 4.84 Å². The van der Waals surface area contributed by atoms with Crippen molar-refractivity contribution in [1.29, 1.82) is 0 Å². The third-order valence-electron chi connectivity index (χ3n) is 3.41. The lowest BCUT2D eigenvalue weighted by Gasteiger charge is -2.22. The molecule has 0 N–H and O–H groups in total. The summed E-state index contributed by atoms with van der Waals surface area (Å²) in [6.07, 6.45) is 0. The summed E-state index contributed by atoms with van der Waals surface area (Å²) in [4.78, 5) is 18.8. The molecular formula is C16H18ClNO4P+. The number of carbonyl (C=O) groups excluding carboxylic acids is 1. The van der Waals surface area contributed by atoms with E-state index in [1.165, 1.54) is 7.11 Å². The van der Waals surface area contributed by atoms with Crippen LogP contribution in [0.25, 0.3) is 10.8 Å². The first-order chi connectivity index (χ1) is 11.0. The number of benzene rings is 2. The maximum atomic E-state index is 12.0. The number of ether oxygens (including phenoxy) is 1. The summed E-state index contributed by atoms with van der Waals surface area (Å²) in [5.74, 6) is -0.277. The summed E-state index contributed by atoms with van der Waals surface area (Å²) in [6, 6.07) is 12.2. The topological polar surface area (TPSA) is 55.8 Å². The molecule has 0 fully saturated rings. The number of hydrogen-bond donors (Lipinski definition) is 0. The van der Waals surface area contributed by atoms with Gasteiger partial charge in [-0.25, -0.2) is 0 Å². The van der Waals surface area contributed by atoms with Crippen molar-refractivity contribution < 1.29 is 18.9 Å². The minimum atomic E-state index is -2.42. The molecule has 7 heteroatoms. The van der Waals surface area contributed by atoms with E-state index in [2.05, 4.69) is 0 Å². The quantitative estimate of drug-likeness (QED) is 0.433. The first-order valence-corrected chi connectivity index (χ1v) is 9.23. The van der Waals surface area contributed by atoms with Crippen molar-refractivity contribution in [2.24, 2.45) is 5.92 Å². The molecule has 0 bridgehead atoms. The molecular weight excluding hydrogens is 337 g/mol. The zero-order valence-corrected chi connectivity index (χ0v) is 14.8. The molecule has 2 atom stereocenters. The van der Waals surface area contributed by atoms with Gasteiger partial charge >= 0.3 is 13.3 Å². The lowest BCUT2D eigenvalue weighted by molar-refractivity contribution is -0.154. The van der Waals surface area contributed by atoms with Crippen LogP contribution in [-0.2, 0) is 14.1 Å². The number of hydroxylamine groups is 1. The minimum Gasteiger partial charge on any atom is -0.468 e. The Balaban J connectivity index is 2.42. The molecule has 0 amide bonds. The molecule has 1 unspecified atom stereocenters. The van der Waals surface area contributed by atoms with Gasteiger partial charge in [0.05, 0.1) is 7.11 Å². The Morgan fingerprint density at radius 1 is 1.17 bits per heavy atom. The van der Waals surface area contributed by atoms with Crippen LogP contribution in [-0.4, -0.2) is 24.0 Å². The van der Waals surface area contributed by atoms with Crippen molar-refractivity contribution in [3.8, 4) is 5.75 Å². The van der Waals surface area contributed by atoms with E-state index in [0.29, 0.717) is 5.75 Å². The van der Waals surface area contributed by atoms with Crippen LogP contribution in [0.15, 0.2) is 42.5 Å². The first-order valence-electron chi connectivity index (χ1n) is 7.11. The Kier molecular flexibility index (Phi) is 5.94. The number of methoxy groups -OCH3 is 1. The molecule has 0 spiro atoms. The maximum absolute atomic E-state index is 12.0. The summed E-state index contributed by atoms with van der Waals surface area (Å²) < 4.78 is 16.7. The van der Waals surface area contributed by atoms with Crippen LogP contribution in [0.5, 0.6) is 5.75 Å². The largest absolute Gasteiger partial charge is 0.593 e. The summed E-state index contributed by atoms with van der Waals surface area (Å²) >= 11 is 5.79. The molecule has 23 heavy (non-hydrogen) atoms. The van der Waals surface area contributed by atoms with E-state index in [1.807, 2.05) is 36.4 Å². The third-order valence-corrected chi connectivity index (χ3v) is 4.50. The molecule has 2 aromatic carbocycles. The van der Waals surface area contributed by atoms with Crippen molar-refractivity contribution in [2.75, 3.05) is 7.11 Å². The molecule has 0 aliphatic rings. The van der Waals surface area contributed by atoms with Gasteiger partial charge in [-0.3, -0.25) is 4.79 Å². The zero-order chi connectivity index (χ0) is 17.0. The average Bonchev–Trinajstić information content (AvgIpc) is 2.53. The number of fused-ring (bicyclic) bond motifs is 1. The van der Waals surface area contributed by atoms with Crippen molar-refractivity contribution in [3.63, 3.8) is 0 Å². The SMILES string of the molecule is COC(=O)[C@H](C(C)C)N(Oc1cccc2ccccc12)[P+](=O)Cl. The van der Waals surface area contributed by atoms with Crippen molar-refractivity contribution in [2.45, 2.75) is 19.9 Å². The highest BCUT2D eigenvalue weighted by Crippen LogP contribution is 2.39. The van der Waals surface area contributed by atoms with E-state index in [9.17, 15) is 9.36 Å². The molecule has 0 aliphatic heterocycles. The first kappa shape index (κ1) is 17.7. The number of hydrogen-bond acceptors (Lipinski definition) is 4. The third kappa shape index (κ3) is 3.99. The van der Waals surface area contributed by atoms with E-state index in [-0.39, 0.29) is 5.92 Å². The predicted molar refractivity (Wildman–Crippen MR) is 90.5 cm³/mol. The number of carbonyl (C=O) groups is 1. The second kappa shape index (κ2) is 7.73. The molecule has 0 heterocycles. The Bertz CT molecular complexity index is 717.